The first-order valence-corrected chi connectivity index (χ1v) is 8.79. The molecule has 0 fully saturated rings. The first kappa shape index (κ1) is 20.2. The molecule has 2 aromatic carbocycles. The van der Waals surface area contributed by atoms with Gasteiger partial charge in [0.1, 0.15) is 6.04 Å². The number of hydrogen-bond donors (Lipinski definition) is 2. The van der Waals surface area contributed by atoms with Crippen LogP contribution < -0.4 is 15.7 Å². The second-order valence-electron chi connectivity index (χ2n) is 6.58. The molecule has 27 heavy (non-hydrogen) atoms. The number of nitrogens with one attached hydrogen (secondary N) is 2. The van der Waals surface area contributed by atoms with Crippen LogP contribution in [0.4, 0.5) is 0 Å². The van der Waals surface area contributed by atoms with Gasteiger partial charge in [-0.15, -0.1) is 0 Å². The largest absolute Gasteiger partial charge is 0.548 e. The van der Waals surface area contributed by atoms with Gasteiger partial charge in [0, 0.05) is 12.0 Å². The summed E-state index contributed by atoms with van der Waals surface area (Å²) in [5, 5.41) is 15.6. The highest BCUT2D eigenvalue weighted by Gasteiger charge is 2.21. The predicted molar refractivity (Wildman–Crippen MR) is 99.9 cm³/mol. The molecule has 0 aliphatic rings. The van der Waals surface area contributed by atoms with Crippen LogP contribution in [0.5, 0.6) is 0 Å². The zero-order chi connectivity index (χ0) is 19.8. The fourth-order valence-electron chi connectivity index (χ4n) is 2.60. The van der Waals surface area contributed by atoms with Gasteiger partial charge >= 0.3 is 0 Å². The Labute approximate surface area is 158 Å². The quantitative estimate of drug-likeness (QED) is 0.728. The molecule has 2 rings (SSSR count). The van der Waals surface area contributed by atoms with Gasteiger partial charge in [-0.3, -0.25) is 9.59 Å². The van der Waals surface area contributed by atoms with E-state index in [1.807, 2.05) is 24.3 Å². The van der Waals surface area contributed by atoms with E-state index in [1.54, 1.807) is 30.3 Å². The number of aliphatic carboxylic acids is 1. The van der Waals surface area contributed by atoms with Gasteiger partial charge in [0.2, 0.25) is 5.91 Å². The number of rotatable bonds is 8. The van der Waals surface area contributed by atoms with E-state index in [1.165, 1.54) is 5.56 Å². The van der Waals surface area contributed by atoms with Gasteiger partial charge in [0.05, 0.1) is 12.5 Å². The van der Waals surface area contributed by atoms with Gasteiger partial charge in [-0.25, -0.2) is 0 Å². The van der Waals surface area contributed by atoms with E-state index in [9.17, 15) is 19.5 Å². The van der Waals surface area contributed by atoms with Crippen molar-refractivity contribution in [3.63, 3.8) is 0 Å². The molecule has 0 bridgehead atoms. The lowest BCUT2D eigenvalue weighted by molar-refractivity contribution is -0.304. The number of carbonyl (C=O) groups excluding carboxylic acids is 3. The first-order valence-electron chi connectivity index (χ1n) is 8.79. The minimum absolute atomic E-state index is 0.246. The van der Waals surface area contributed by atoms with Crippen molar-refractivity contribution in [3.8, 4) is 0 Å². The molecule has 142 valence electrons. The summed E-state index contributed by atoms with van der Waals surface area (Å²) in [5.41, 5.74) is 2.46. The molecule has 1 atom stereocenters. The Hall–Kier alpha value is -3.15. The monoisotopic (exact) mass is 367 g/mol. The van der Waals surface area contributed by atoms with Crippen molar-refractivity contribution in [2.24, 2.45) is 0 Å². The number of benzene rings is 2. The number of hydrogen-bond acceptors (Lipinski definition) is 4. The summed E-state index contributed by atoms with van der Waals surface area (Å²) in [7, 11) is 0. The molecule has 0 unspecified atom stereocenters. The van der Waals surface area contributed by atoms with Crippen molar-refractivity contribution in [3.05, 3.63) is 71.3 Å². The molecule has 6 nitrogen and oxygen atoms in total. The molecule has 2 amide bonds. The van der Waals surface area contributed by atoms with Gasteiger partial charge in [-0.2, -0.15) is 0 Å². The molecule has 6 heteroatoms. The molecule has 0 aliphatic carbocycles. The molecular formula is C21H23N2O4-. The Balaban J connectivity index is 2.14. The summed E-state index contributed by atoms with van der Waals surface area (Å²) in [6.07, 6.45) is 0.246. The predicted octanol–water partition coefficient (Wildman–Crippen LogP) is 1.02. The minimum Gasteiger partial charge on any atom is -0.548 e. The molecule has 2 aromatic rings. The fourth-order valence-corrected chi connectivity index (χ4v) is 2.60. The summed E-state index contributed by atoms with van der Waals surface area (Å²) in [6.45, 7) is 3.57. The number of carboxylic acid groups (broad SMARTS) is 1. The van der Waals surface area contributed by atoms with E-state index in [2.05, 4.69) is 24.5 Å². The third-order valence-electron chi connectivity index (χ3n) is 4.15. The van der Waals surface area contributed by atoms with Gasteiger partial charge in [0.25, 0.3) is 5.91 Å². The highest BCUT2D eigenvalue weighted by Crippen LogP contribution is 2.15. The highest BCUT2D eigenvalue weighted by atomic mass is 16.4. The summed E-state index contributed by atoms with van der Waals surface area (Å²) in [4.78, 5) is 35.4. The Morgan fingerprint density at radius 2 is 1.59 bits per heavy atom. The molecule has 0 aromatic heterocycles. The van der Waals surface area contributed by atoms with Crippen LogP contribution in [0.3, 0.4) is 0 Å². The van der Waals surface area contributed by atoms with Crippen molar-refractivity contribution in [1.82, 2.24) is 10.6 Å². The van der Waals surface area contributed by atoms with Crippen LogP contribution in [-0.2, 0) is 16.0 Å². The molecule has 0 aliphatic heterocycles. The summed E-state index contributed by atoms with van der Waals surface area (Å²) in [6, 6.07) is 15.4. The maximum atomic E-state index is 12.4. The fraction of sp³-hybridized carbons (Fsp3) is 0.286. The molecule has 0 saturated carbocycles. The molecule has 0 saturated heterocycles. The lowest BCUT2D eigenvalue weighted by Crippen LogP contribution is -2.50. The van der Waals surface area contributed by atoms with Crippen LogP contribution >= 0.6 is 0 Å². The lowest BCUT2D eigenvalue weighted by atomic mass is 9.98. The number of carboxylic acids is 1. The van der Waals surface area contributed by atoms with Crippen LogP contribution in [0.25, 0.3) is 0 Å². The molecule has 0 spiro atoms. The van der Waals surface area contributed by atoms with Crippen molar-refractivity contribution in [2.75, 3.05) is 6.54 Å². The molecule has 2 N–H and O–H groups in total. The Morgan fingerprint density at radius 1 is 0.963 bits per heavy atom. The van der Waals surface area contributed by atoms with Crippen molar-refractivity contribution in [2.45, 2.75) is 32.2 Å². The third kappa shape index (κ3) is 6.26. The van der Waals surface area contributed by atoms with Gasteiger partial charge in [-0.05, 0) is 29.2 Å². The number of carbonyl (C=O) groups is 3. The Bertz CT molecular complexity index is 786. The van der Waals surface area contributed by atoms with E-state index in [-0.39, 0.29) is 6.42 Å². The molecular weight excluding hydrogens is 344 g/mol. The SMILES string of the molecule is CC(C)c1ccc(C[C@@H](NC(=O)c2ccccc2)C(=O)NCC(=O)[O-])cc1. The van der Waals surface area contributed by atoms with E-state index in [0.717, 1.165) is 5.56 Å². The third-order valence-corrected chi connectivity index (χ3v) is 4.15. The topological polar surface area (TPSA) is 98.3 Å². The first-order chi connectivity index (χ1) is 12.9. The molecule has 0 heterocycles. The lowest BCUT2D eigenvalue weighted by Gasteiger charge is -2.19. The maximum Gasteiger partial charge on any atom is 0.251 e. The van der Waals surface area contributed by atoms with Crippen molar-refractivity contribution >= 4 is 17.8 Å². The zero-order valence-electron chi connectivity index (χ0n) is 15.4. The Morgan fingerprint density at radius 3 is 2.15 bits per heavy atom. The number of amides is 2. The van der Waals surface area contributed by atoms with Crippen molar-refractivity contribution in [1.29, 1.82) is 0 Å². The zero-order valence-corrected chi connectivity index (χ0v) is 15.4. The van der Waals surface area contributed by atoms with Gasteiger partial charge in [-0.1, -0.05) is 56.3 Å². The summed E-state index contributed by atoms with van der Waals surface area (Å²) in [5.74, 6) is -1.98. The van der Waals surface area contributed by atoms with E-state index in [0.29, 0.717) is 11.5 Å². The second kappa shape index (κ2) is 9.52. The van der Waals surface area contributed by atoms with E-state index >= 15 is 0 Å². The highest BCUT2D eigenvalue weighted by molar-refractivity contribution is 5.97. The minimum atomic E-state index is -1.39. The van der Waals surface area contributed by atoms with Crippen LogP contribution in [0, 0.1) is 0 Å². The van der Waals surface area contributed by atoms with E-state index < -0.39 is 30.4 Å². The second-order valence-corrected chi connectivity index (χ2v) is 6.58. The van der Waals surface area contributed by atoms with Crippen LogP contribution in [0.15, 0.2) is 54.6 Å². The Kier molecular flexibility index (Phi) is 7.11. The van der Waals surface area contributed by atoms with E-state index in [4.69, 9.17) is 0 Å². The standard InChI is InChI=1S/C21H24N2O4/c1-14(2)16-10-8-15(9-11-16)12-18(21(27)22-13-19(24)25)23-20(26)17-6-4-3-5-7-17/h3-11,14,18H,12-13H2,1-2H3,(H,22,27)(H,23,26)(H,24,25)/p-1/t18-/m1/s1. The average molecular weight is 367 g/mol. The summed E-state index contributed by atoms with van der Waals surface area (Å²) < 4.78 is 0. The summed E-state index contributed by atoms with van der Waals surface area (Å²) >= 11 is 0. The average Bonchev–Trinajstić information content (AvgIpc) is 2.66. The van der Waals surface area contributed by atoms with Crippen LogP contribution in [0.2, 0.25) is 0 Å². The van der Waals surface area contributed by atoms with Crippen LogP contribution in [-0.4, -0.2) is 30.4 Å². The normalized spacial score (nSPS) is 11.7. The molecule has 0 radical (unpaired) electrons. The maximum absolute atomic E-state index is 12.4. The van der Waals surface area contributed by atoms with Crippen molar-refractivity contribution < 1.29 is 19.5 Å². The smallest absolute Gasteiger partial charge is 0.251 e. The van der Waals surface area contributed by atoms with Gasteiger partial charge in [0.15, 0.2) is 0 Å². The van der Waals surface area contributed by atoms with Crippen LogP contribution in [0.1, 0.15) is 41.3 Å². The van der Waals surface area contributed by atoms with Gasteiger partial charge < -0.3 is 20.5 Å².